The fourth-order valence-corrected chi connectivity index (χ4v) is 2.98. The van der Waals surface area contributed by atoms with Gasteiger partial charge in [-0.2, -0.15) is 0 Å². The van der Waals surface area contributed by atoms with E-state index in [1.165, 1.54) is 13.2 Å². The number of nitrogens with zero attached hydrogens (tertiary/aromatic N) is 2. The maximum atomic E-state index is 11.3. The Morgan fingerprint density at radius 3 is 2.85 bits per heavy atom. The average Bonchev–Trinajstić information content (AvgIpc) is 2.89. The topological polar surface area (TPSA) is 93.9 Å². The van der Waals surface area contributed by atoms with Crippen LogP contribution in [-0.4, -0.2) is 55.7 Å². The average molecular weight is 388 g/mol. The predicted octanol–water partition coefficient (Wildman–Crippen LogP) is 2.14. The van der Waals surface area contributed by atoms with Crippen LogP contribution in [0.3, 0.4) is 0 Å². The summed E-state index contributed by atoms with van der Waals surface area (Å²) in [5, 5.41) is 14.7. The molecule has 1 atom stereocenters. The van der Waals surface area contributed by atoms with Crippen molar-refractivity contribution in [2.45, 2.75) is 31.8 Å². The number of rotatable bonds is 7. The largest absolute Gasteiger partial charge is 0.475 e. The summed E-state index contributed by atoms with van der Waals surface area (Å²) in [6, 6.07) is 5.31. The van der Waals surface area contributed by atoms with Crippen LogP contribution in [0.2, 0.25) is 0 Å². The quantitative estimate of drug-likeness (QED) is 0.435. The van der Waals surface area contributed by atoms with Gasteiger partial charge in [0.25, 0.3) is 0 Å². The summed E-state index contributed by atoms with van der Waals surface area (Å²) >= 11 is 0. The maximum absolute atomic E-state index is 11.3. The van der Waals surface area contributed by atoms with E-state index in [9.17, 15) is 14.9 Å². The van der Waals surface area contributed by atoms with Crippen LogP contribution >= 0.6 is 12.4 Å². The van der Waals surface area contributed by atoms with Gasteiger partial charge >= 0.3 is 11.7 Å². The predicted molar refractivity (Wildman–Crippen MR) is 99.8 cm³/mol. The van der Waals surface area contributed by atoms with Gasteiger partial charge in [-0.15, -0.1) is 12.4 Å². The van der Waals surface area contributed by atoms with Gasteiger partial charge in [0.05, 0.1) is 12.0 Å². The molecule has 0 spiro atoms. The molecular weight excluding hydrogens is 362 g/mol. The molecule has 0 aliphatic carbocycles. The van der Waals surface area contributed by atoms with Crippen LogP contribution < -0.4 is 10.1 Å². The van der Waals surface area contributed by atoms with Gasteiger partial charge in [0.2, 0.25) is 0 Å². The van der Waals surface area contributed by atoms with E-state index in [0.717, 1.165) is 37.9 Å². The van der Waals surface area contributed by atoms with Crippen LogP contribution in [0.4, 0.5) is 5.69 Å². The Morgan fingerprint density at radius 1 is 1.38 bits per heavy atom. The highest BCUT2D eigenvalue weighted by molar-refractivity contribution is 5.85. The van der Waals surface area contributed by atoms with Crippen molar-refractivity contribution in [2.75, 3.05) is 33.9 Å². The van der Waals surface area contributed by atoms with E-state index in [2.05, 4.69) is 15.0 Å². The minimum absolute atomic E-state index is 0. The van der Waals surface area contributed by atoms with Crippen LogP contribution in [0.15, 0.2) is 18.2 Å². The van der Waals surface area contributed by atoms with Gasteiger partial charge in [0.1, 0.15) is 0 Å². The third-order valence-electron chi connectivity index (χ3n) is 4.39. The van der Waals surface area contributed by atoms with Crippen molar-refractivity contribution in [1.82, 2.24) is 10.2 Å². The van der Waals surface area contributed by atoms with Crippen LogP contribution in [0.25, 0.3) is 0 Å². The Bertz CT molecular complexity index is 606. The summed E-state index contributed by atoms with van der Waals surface area (Å²) in [4.78, 5) is 24.2. The highest BCUT2D eigenvalue weighted by Crippen LogP contribution is 2.29. The first-order chi connectivity index (χ1) is 12.0. The number of methoxy groups -OCH3 is 1. The molecule has 2 rings (SSSR count). The molecule has 26 heavy (non-hydrogen) atoms. The number of nitro benzene ring substituents is 1. The molecule has 1 N–H and O–H groups in total. The first-order valence-electron chi connectivity index (χ1n) is 8.39. The van der Waals surface area contributed by atoms with Gasteiger partial charge in [-0.3, -0.25) is 15.0 Å². The van der Waals surface area contributed by atoms with Crippen molar-refractivity contribution in [1.29, 1.82) is 0 Å². The van der Waals surface area contributed by atoms with Crippen molar-refractivity contribution >= 4 is 24.1 Å². The minimum atomic E-state index is -0.583. The van der Waals surface area contributed by atoms with Gasteiger partial charge in [-0.1, -0.05) is 6.07 Å². The molecule has 0 aromatic heterocycles. The number of benzene rings is 1. The highest BCUT2D eigenvalue weighted by atomic mass is 35.5. The van der Waals surface area contributed by atoms with Gasteiger partial charge in [-0.25, -0.2) is 4.79 Å². The fourth-order valence-electron chi connectivity index (χ4n) is 2.98. The smallest absolute Gasteiger partial charge is 0.343 e. The Kier molecular flexibility index (Phi) is 9.32. The molecule has 1 saturated heterocycles. The molecule has 8 nitrogen and oxygen atoms in total. The second-order valence-electron chi connectivity index (χ2n) is 6.17. The van der Waals surface area contributed by atoms with E-state index < -0.39 is 10.9 Å². The van der Waals surface area contributed by atoms with Crippen LogP contribution in [0.1, 0.15) is 24.8 Å². The number of esters is 1. The number of hydrogen-bond acceptors (Lipinski definition) is 7. The zero-order valence-corrected chi connectivity index (χ0v) is 15.9. The van der Waals surface area contributed by atoms with Crippen molar-refractivity contribution in [3.05, 3.63) is 33.9 Å². The third kappa shape index (κ3) is 6.44. The minimum Gasteiger partial charge on any atom is -0.475 e. The van der Waals surface area contributed by atoms with E-state index in [1.807, 2.05) is 7.05 Å². The molecule has 1 heterocycles. The zero-order chi connectivity index (χ0) is 18.2. The Labute approximate surface area is 159 Å². The summed E-state index contributed by atoms with van der Waals surface area (Å²) in [6.45, 7) is 2.31. The van der Waals surface area contributed by atoms with Crippen molar-refractivity contribution in [2.24, 2.45) is 0 Å². The molecule has 1 aromatic rings. The molecule has 146 valence electrons. The van der Waals surface area contributed by atoms with Gasteiger partial charge in [0, 0.05) is 18.7 Å². The monoisotopic (exact) mass is 387 g/mol. The maximum Gasteiger partial charge on any atom is 0.343 e. The summed E-state index contributed by atoms with van der Waals surface area (Å²) in [5.74, 6) is -0.513. The molecule has 1 aliphatic rings. The van der Waals surface area contributed by atoms with E-state index in [-0.39, 0.29) is 30.5 Å². The van der Waals surface area contributed by atoms with Crippen molar-refractivity contribution in [3.8, 4) is 5.75 Å². The lowest BCUT2D eigenvalue weighted by Gasteiger charge is -2.26. The summed E-state index contributed by atoms with van der Waals surface area (Å²) < 4.78 is 9.69. The molecule has 0 radical (unpaired) electrons. The number of halogens is 1. The summed E-state index contributed by atoms with van der Waals surface area (Å²) in [6.07, 6.45) is 3.32. The lowest BCUT2D eigenvalue weighted by Crippen LogP contribution is -2.32. The molecule has 9 heteroatoms. The number of nitrogens with one attached hydrogen (secondary N) is 1. The van der Waals surface area contributed by atoms with E-state index in [4.69, 9.17) is 4.74 Å². The molecule has 0 saturated carbocycles. The van der Waals surface area contributed by atoms with Gasteiger partial charge in [0.15, 0.2) is 12.4 Å². The van der Waals surface area contributed by atoms with E-state index in [1.54, 1.807) is 12.1 Å². The zero-order valence-electron chi connectivity index (χ0n) is 15.1. The third-order valence-corrected chi connectivity index (χ3v) is 4.39. The fraction of sp³-hybridized carbons (Fsp3) is 0.588. The first-order valence-corrected chi connectivity index (χ1v) is 8.39. The molecule has 0 bridgehead atoms. The number of carbonyl (C=O) groups is 1. The molecular formula is C17H26ClN3O5. The molecule has 1 fully saturated rings. The van der Waals surface area contributed by atoms with Crippen molar-refractivity contribution < 1.29 is 19.2 Å². The highest BCUT2D eigenvalue weighted by Gasteiger charge is 2.20. The standard InChI is InChI=1S/C17H25N3O5.ClH/c1-19(14-4-3-8-18-9-7-14)11-13-5-6-16(15(10-13)20(22)23)25-12-17(21)24-2;/h5-6,10,14,18H,3-4,7-9,11-12H2,1-2H3;1H. The number of nitro groups is 1. The molecule has 0 amide bonds. The second-order valence-corrected chi connectivity index (χ2v) is 6.17. The molecule has 1 aromatic carbocycles. The summed E-state index contributed by atoms with van der Waals surface area (Å²) in [7, 11) is 3.28. The van der Waals surface area contributed by atoms with Crippen molar-refractivity contribution in [3.63, 3.8) is 0 Å². The van der Waals surface area contributed by atoms with E-state index in [0.29, 0.717) is 12.6 Å². The Morgan fingerprint density at radius 2 is 2.15 bits per heavy atom. The lowest BCUT2D eigenvalue weighted by molar-refractivity contribution is -0.385. The lowest BCUT2D eigenvalue weighted by atomic mass is 10.1. The number of carbonyl (C=O) groups excluding carboxylic acids is 1. The number of hydrogen-bond donors (Lipinski definition) is 1. The second kappa shape index (κ2) is 10.9. The number of ether oxygens (including phenoxy) is 2. The Hall–Kier alpha value is -1.90. The molecule has 1 unspecified atom stereocenters. The van der Waals surface area contributed by atoms with Gasteiger partial charge in [-0.05, 0) is 51.0 Å². The van der Waals surface area contributed by atoms with E-state index >= 15 is 0 Å². The normalized spacial score (nSPS) is 17.1. The van der Waals surface area contributed by atoms with Gasteiger partial charge < -0.3 is 14.8 Å². The van der Waals surface area contributed by atoms with Crippen LogP contribution in [0, 0.1) is 10.1 Å². The first kappa shape index (κ1) is 22.1. The Balaban J connectivity index is 0.00000338. The SMILES string of the molecule is COC(=O)COc1ccc(CN(C)C2CCCNCC2)cc1[N+](=O)[O-].Cl. The van der Waals surface area contributed by atoms with Crippen LogP contribution in [-0.2, 0) is 16.1 Å². The summed E-state index contributed by atoms with van der Waals surface area (Å²) in [5.41, 5.74) is 0.703. The van der Waals surface area contributed by atoms with Crippen LogP contribution in [0.5, 0.6) is 5.75 Å². The molecule has 1 aliphatic heterocycles.